The van der Waals surface area contributed by atoms with Gasteiger partial charge in [-0.15, -0.1) is 0 Å². The molecule has 0 aromatic carbocycles. The molecule has 2 nitrogen and oxygen atoms in total. The van der Waals surface area contributed by atoms with Crippen molar-refractivity contribution in [2.24, 2.45) is 0 Å². The van der Waals surface area contributed by atoms with Gasteiger partial charge >= 0.3 is 0 Å². The first-order chi connectivity index (χ1) is 10.3. The fourth-order valence-electron chi connectivity index (χ4n) is 2.55. The molecule has 0 amide bonds. The van der Waals surface area contributed by atoms with Crippen molar-refractivity contribution in [3.8, 4) is 0 Å². The summed E-state index contributed by atoms with van der Waals surface area (Å²) in [6.07, 6.45) is 16.1. The quantitative estimate of drug-likeness (QED) is 0.351. The minimum atomic E-state index is 1.10. The summed E-state index contributed by atoms with van der Waals surface area (Å²) in [7, 11) is 0. The number of hydrogen-bond donors (Lipinski definition) is 2. The van der Waals surface area contributed by atoms with Crippen LogP contribution in [-0.2, 0) is 0 Å². The predicted molar refractivity (Wildman–Crippen MR) is 96.8 cm³/mol. The third-order valence-corrected chi connectivity index (χ3v) is 3.99. The number of allylic oxidation sites excluding steroid dienone is 1. The fraction of sp³-hybridized carbons (Fsp3) is 0.895. The Bertz CT molecular complexity index is 214. The molecule has 0 aliphatic carbocycles. The molecule has 0 unspecified atom stereocenters. The van der Waals surface area contributed by atoms with Gasteiger partial charge in [0.25, 0.3) is 0 Å². The van der Waals surface area contributed by atoms with Crippen LogP contribution in [0.2, 0.25) is 0 Å². The highest BCUT2D eigenvalue weighted by Crippen LogP contribution is 2.09. The molecular formula is C19H40N2. The number of nitrogens with one attached hydrogen (secondary N) is 2. The van der Waals surface area contributed by atoms with E-state index in [1.807, 2.05) is 0 Å². The lowest BCUT2D eigenvalue weighted by molar-refractivity contribution is 0.566. The molecule has 21 heavy (non-hydrogen) atoms. The molecule has 0 aromatic rings. The van der Waals surface area contributed by atoms with Crippen LogP contribution in [0.15, 0.2) is 12.3 Å². The van der Waals surface area contributed by atoms with Crippen LogP contribution < -0.4 is 10.6 Å². The van der Waals surface area contributed by atoms with Gasteiger partial charge in [-0.1, -0.05) is 71.8 Å². The third kappa shape index (κ3) is 17.4. The van der Waals surface area contributed by atoms with Gasteiger partial charge in [0.1, 0.15) is 0 Å². The smallest absolute Gasteiger partial charge is 0.0143 e. The van der Waals surface area contributed by atoms with E-state index in [0.717, 1.165) is 19.5 Å². The Morgan fingerprint density at radius 3 is 1.95 bits per heavy atom. The summed E-state index contributed by atoms with van der Waals surface area (Å²) < 4.78 is 0. The minimum absolute atomic E-state index is 1.10. The molecule has 0 aromatic heterocycles. The zero-order valence-electron chi connectivity index (χ0n) is 14.8. The molecule has 0 saturated heterocycles. The fourth-order valence-corrected chi connectivity index (χ4v) is 2.55. The van der Waals surface area contributed by atoms with E-state index in [9.17, 15) is 0 Å². The zero-order valence-corrected chi connectivity index (χ0v) is 14.8. The van der Waals surface area contributed by atoms with Crippen LogP contribution >= 0.6 is 0 Å². The molecule has 2 N–H and O–H groups in total. The summed E-state index contributed by atoms with van der Waals surface area (Å²) in [5.41, 5.74) is 1.25. The second kappa shape index (κ2) is 17.6. The minimum Gasteiger partial charge on any atom is -0.389 e. The van der Waals surface area contributed by atoms with Crippen LogP contribution in [0.5, 0.6) is 0 Å². The van der Waals surface area contributed by atoms with E-state index in [-0.39, 0.29) is 0 Å². The van der Waals surface area contributed by atoms with Gasteiger partial charge < -0.3 is 10.6 Å². The monoisotopic (exact) mass is 296 g/mol. The Morgan fingerprint density at radius 1 is 0.714 bits per heavy atom. The Labute approximate surface area is 134 Å². The predicted octanol–water partition coefficient (Wildman–Crippen LogP) is 5.40. The maximum atomic E-state index is 4.14. The summed E-state index contributed by atoms with van der Waals surface area (Å²) >= 11 is 0. The Kier molecular flexibility index (Phi) is 17.1. The lowest BCUT2D eigenvalue weighted by atomic mass is 10.1. The first kappa shape index (κ1) is 20.5. The van der Waals surface area contributed by atoms with Crippen molar-refractivity contribution in [3.05, 3.63) is 12.3 Å². The molecule has 0 aliphatic rings. The Morgan fingerprint density at radius 2 is 1.29 bits per heavy atom. The average molecular weight is 297 g/mol. The molecule has 0 aliphatic heterocycles. The highest BCUT2D eigenvalue weighted by molar-refractivity contribution is 4.90. The first-order valence-corrected chi connectivity index (χ1v) is 9.43. The normalized spacial score (nSPS) is 10.8. The van der Waals surface area contributed by atoms with Crippen molar-refractivity contribution in [2.75, 3.05) is 19.6 Å². The summed E-state index contributed by atoms with van der Waals surface area (Å²) in [5.74, 6) is 0. The van der Waals surface area contributed by atoms with Crippen LogP contribution in [0.1, 0.15) is 90.9 Å². The van der Waals surface area contributed by atoms with Crippen LogP contribution in [0.3, 0.4) is 0 Å². The van der Waals surface area contributed by atoms with E-state index in [4.69, 9.17) is 0 Å². The Balaban J connectivity index is 3.13. The molecule has 0 bridgehead atoms. The zero-order chi connectivity index (χ0) is 15.6. The third-order valence-electron chi connectivity index (χ3n) is 3.99. The average Bonchev–Trinajstić information content (AvgIpc) is 2.49. The van der Waals surface area contributed by atoms with Gasteiger partial charge in [-0.3, -0.25) is 0 Å². The lowest BCUT2D eigenvalue weighted by Gasteiger charge is -2.09. The molecule has 126 valence electrons. The van der Waals surface area contributed by atoms with Gasteiger partial charge in [0.05, 0.1) is 0 Å². The van der Waals surface area contributed by atoms with Gasteiger partial charge in [0, 0.05) is 12.2 Å². The highest BCUT2D eigenvalue weighted by atomic mass is 14.9. The van der Waals surface area contributed by atoms with Crippen molar-refractivity contribution >= 4 is 0 Å². The molecule has 0 radical (unpaired) electrons. The lowest BCUT2D eigenvalue weighted by Crippen LogP contribution is -2.14. The second-order valence-corrected chi connectivity index (χ2v) is 6.17. The van der Waals surface area contributed by atoms with Crippen molar-refractivity contribution in [3.63, 3.8) is 0 Å². The van der Waals surface area contributed by atoms with Gasteiger partial charge in [0.15, 0.2) is 0 Å². The molecule has 0 heterocycles. The number of hydrogen-bond acceptors (Lipinski definition) is 2. The van der Waals surface area contributed by atoms with E-state index in [1.165, 1.54) is 82.9 Å². The van der Waals surface area contributed by atoms with Crippen molar-refractivity contribution < 1.29 is 0 Å². The van der Waals surface area contributed by atoms with E-state index >= 15 is 0 Å². The van der Waals surface area contributed by atoms with E-state index < -0.39 is 0 Å². The van der Waals surface area contributed by atoms with Gasteiger partial charge in [-0.2, -0.15) is 0 Å². The van der Waals surface area contributed by atoms with Crippen LogP contribution in [0.4, 0.5) is 0 Å². The summed E-state index contributed by atoms with van der Waals surface area (Å²) in [6.45, 7) is 12.0. The summed E-state index contributed by atoms with van der Waals surface area (Å²) in [6, 6.07) is 0. The molecule has 0 rings (SSSR count). The summed E-state index contributed by atoms with van der Waals surface area (Å²) in [5, 5.41) is 6.87. The molecule has 0 saturated carbocycles. The Hall–Kier alpha value is -0.500. The van der Waals surface area contributed by atoms with Crippen LogP contribution in [-0.4, -0.2) is 19.6 Å². The van der Waals surface area contributed by atoms with Gasteiger partial charge in [-0.05, 0) is 38.8 Å². The maximum absolute atomic E-state index is 4.14. The van der Waals surface area contributed by atoms with Gasteiger partial charge in [-0.25, -0.2) is 0 Å². The molecule has 0 spiro atoms. The molecule has 0 fully saturated rings. The first-order valence-electron chi connectivity index (χ1n) is 9.43. The summed E-state index contributed by atoms with van der Waals surface area (Å²) in [4.78, 5) is 0. The topological polar surface area (TPSA) is 24.1 Å². The van der Waals surface area contributed by atoms with Crippen LogP contribution in [0.25, 0.3) is 0 Å². The molecular weight excluding hydrogens is 256 g/mol. The number of rotatable bonds is 17. The van der Waals surface area contributed by atoms with E-state index in [2.05, 4.69) is 31.1 Å². The highest BCUT2D eigenvalue weighted by Gasteiger charge is 1.96. The van der Waals surface area contributed by atoms with Crippen molar-refractivity contribution in [2.45, 2.75) is 90.9 Å². The molecule has 0 atom stereocenters. The second-order valence-electron chi connectivity index (χ2n) is 6.17. The standard InChI is InChI=1S/C19H40N2/c1-4-6-7-8-12-15-18-21-19(3)16-13-10-9-11-14-17-20-5-2/h20-21H,3-18H2,1-2H3. The van der Waals surface area contributed by atoms with E-state index in [1.54, 1.807) is 0 Å². The largest absolute Gasteiger partial charge is 0.389 e. The SMILES string of the molecule is C=C(CCCCCCCNCC)NCCCCCCCC. The van der Waals surface area contributed by atoms with Crippen molar-refractivity contribution in [1.29, 1.82) is 0 Å². The van der Waals surface area contributed by atoms with Crippen molar-refractivity contribution in [1.82, 2.24) is 10.6 Å². The van der Waals surface area contributed by atoms with Crippen LogP contribution in [0, 0.1) is 0 Å². The maximum Gasteiger partial charge on any atom is 0.0143 e. The molecule has 2 heteroatoms. The van der Waals surface area contributed by atoms with E-state index in [0.29, 0.717) is 0 Å². The number of unbranched alkanes of at least 4 members (excludes halogenated alkanes) is 9. The van der Waals surface area contributed by atoms with Gasteiger partial charge in [0.2, 0.25) is 0 Å².